The summed E-state index contributed by atoms with van der Waals surface area (Å²) < 4.78 is 4.30. The van der Waals surface area contributed by atoms with Crippen LogP contribution in [0.4, 0.5) is 0 Å². The highest BCUT2D eigenvalue weighted by atomic mass is 35.5. The van der Waals surface area contributed by atoms with Crippen LogP contribution >= 0.6 is 0 Å². The fraction of sp³-hybridized carbons (Fsp3) is 0.389. The standard InChI is InChI=1S/C18H23N5O3.ClH/c1-12(9-13-5-4-6-14(24)10-13)19-7-8-23-11-20-16-15(23)17(25)22(3)18(26)21(16)2;/h4-6,10-12,19,24H,7-9H2,1-3H3;1H. The van der Waals surface area contributed by atoms with Gasteiger partial charge in [-0.3, -0.25) is 13.9 Å². The molecule has 0 aliphatic heterocycles. The molecule has 0 radical (unpaired) electrons. The van der Waals surface area contributed by atoms with Crippen LogP contribution in [0.15, 0.2) is 40.2 Å². The number of aromatic nitrogens is 4. The number of nitrogens with zero attached hydrogens (tertiary/aromatic N) is 4. The summed E-state index contributed by atoms with van der Waals surface area (Å²) in [5.41, 5.74) is 1.24. The summed E-state index contributed by atoms with van der Waals surface area (Å²) >= 11 is 0. The quantitative estimate of drug-likeness (QED) is 0.451. The van der Waals surface area contributed by atoms with Gasteiger partial charge < -0.3 is 27.4 Å². The number of fused-ring (bicyclic) bond motifs is 1. The van der Waals surface area contributed by atoms with Gasteiger partial charge in [0.05, 0.1) is 25.5 Å². The van der Waals surface area contributed by atoms with Crippen LogP contribution in [-0.2, 0) is 27.1 Å². The van der Waals surface area contributed by atoms with Crippen LogP contribution < -0.4 is 29.0 Å². The number of hydrogen-bond donors (Lipinski definition) is 2. The third-order valence-electron chi connectivity index (χ3n) is 4.62. The van der Waals surface area contributed by atoms with Crippen molar-refractivity contribution in [3.63, 3.8) is 0 Å². The average molecular weight is 394 g/mol. The van der Waals surface area contributed by atoms with Crippen molar-refractivity contribution in [3.8, 4) is 5.75 Å². The molecule has 27 heavy (non-hydrogen) atoms. The summed E-state index contributed by atoms with van der Waals surface area (Å²) in [6.07, 6.45) is 2.45. The Balaban J connectivity index is 0.00000261. The normalized spacial score (nSPS) is 12.1. The molecular weight excluding hydrogens is 370 g/mol. The lowest BCUT2D eigenvalue weighted by atomic mass is 10.1. The SMILES string of the molecule is CC(Cc1cccc(O)c1)[NH2+]CCn1cnc2c1c(=O)n(C)c(=O)n2C.[Cl-]. The van der Waals surface area contributed by atoms with Gasteiger partial charge in [0.25, 0.3) is 5.56 Å². The number of hydrogen-bond acceptors (Lipinski definition) is 4. The smallest absolute Gasteiger partial charge is 0.332 e. The Morgan fingerprint density at radius 2 is 1.96 bits per heavy atom. The number of quaternary nitrogens is 1. The van der Waals surface area contributed by atoms with E-state index >= 15 is 0 Å². The number of rotatable bonds is 6. The molecule has 9 heteroatoms. The molecule has 0 saturated heterocycles. The lowest BCUT2D eigenvalue weighted by Crippen LogP contribution is -3.00. The van der Waals surface area contributed by atoms with E-state index in [1.165, 1.54) is 11.6 Å². The highest BCUT2D eigenvalue weighted by Crippen LogP contribution is 2.11. The molecule has 0 fully saturated rings. The monoisotopic (exact) mass is 393 g/mol. The van der Waals surface area contributed by atoms with Crippen LogP contribution in [0.2, 0.25) is 0 Å². The van der Waals surface area contributed by atoms with E-state index < -0.39 is 0 Å². The Morgan fingerprint density at radius 3 is 2.67 bits per heavy atom. The molecule has 1 aromatic carbocycles. The van der Waals surface area contributed by atoms with Gasteiger partial charge in [-0.15, -0.1) is 0 Å². The molecule has 0 amide bonds. The van der Waals surface area contributed by atoms with Gasteiger partial charge in [-0.25, -0.2) is 9.78 Å². The number of halogens is 1. The Hall–Kier alpha value is -2.58. The van der Waals surface area contributed by atoms with Gasteiger partial charge in [0.1, 0.15) is 5.75 Å². The third-order valence-corrected chi connectivity index (χ3v) is 4.62. The molecule has 3 N–H and O–H groups in total. The second-order valence-electron chi connectivity index (χ2n) is 6.69. The maximum absolute atomic E-state index is 12.4. The number of benzene rings is 1. The van der Waals surface area contributed by atoms with E-state index in [4.69, 9.17) is 0 Å². The Bertz CT molecular complexity index is 1050. The lowest BCUT2D eigenvalue weighted by Gasteiger charge is -2.12. The molecule has 0 aliphatic rings. The molecule has 0 saturated carbocycles. The fourth-order valence-electron chi connectivity index (χ4n) is 3.20. The maximum atomic E-state index is 12.4. The summed E-state index contributed by atoms with van der Waals surface area (Å²) in [7, 11) is 3.09. The third kappa shape index (κ3) is 4.23. The Labute approximate surface area is 162 Å². The molecule has 8 nitrogen and oxygen atoms in total. The predicted molar refractivity (Wildman–Crippen MR) is 98.3 cm³/mol. The van der Waals surface area contributed by atoms with Crippen LogP contribution in [0.5, 0.6) is 5.75 Å². The Kier molecular flexibility index (Phi) is 6.45. The van der Waals surface area contributed by atoms with Gasteiger partial charge in [0.2, 0.25) is 0 Å². The van der Waals surface area contributed by atoms with Crippen molar-refractivity contribution < 1.29 is 22.8 Å². The summed E-state index contributed by atoms with van der Waals surface area (Å²) in [5, 5.41) is 11.7. The number of nitrogens with two attached hydrogens (primary N) is 1. The van der Waals surface area contributed by atoms with Gasteiger partial charge in [-0.2, -0.15) is 0 Å². The topological polar surface area (TPSA) is 98.7 Å². The Morgan fingerprint density at radius 1 is 1.22 bits per heavy atom. The van der Waals surface area contributed by atoms with E-state index in [0.717, 1.165) is 23.1 Å². The van der Waals surface area contributed by atoms with E-state index in [9.17, 15) is 14.7 Å². The van der Waals surface area contributed by atoms with E-state index in [0.29, 0.717) is 23.8 Å². The van der Waals surface area contributed by atoms with Crippen LogP contribution in [0.1, 0.15) is 12.5 Å². The summed E-state index contributed by atoms with van der Waals surface area (Å²) in [4.78, 5) is 28.6. The average Bonchev–Trinajstić information content (AvgIpc) is 3.02. The largest absolute Gasteiger partial charge is 1.00 e. The minimum absolute atomic E-state index is 0. The van der Waals surface area contributed by atoms with Crippen LogP contribution in [0.3, 0.4) is 0 Å². The van der Waals surface area contributed by atoms with Crippen molar-refractivity contribution in [3.05, 3.63) is 57.0 Å². The molecule has 2 aromatic heterocycles. The van der Waals surface area contributed by atoms with Crippen molar-refractivity contribution in [2.75, 3.05) is 6.54 Å². The minimum atomic E-state index is -0.376. The van der Waals surface area contributed by atoms with Crippen molar-refractivity contribution >= 4 is 11.2 Å². The van der Waals surface area contributed by atoms with Gasteiger partial charge in [0.15, 0.2) is 11.2 Å². The molecule has 3 aromatic rings. The van der Waals surface area contributed by atoms with Crippen LogP contribution in [-0.4, -0.2) is 36.4 Å². The molecule has 1 atom stereocenters. The second kappa shape index (κ2) is 8.41. The first-order valence-electron chi connectivity index (χ1n) is 8.60. The van der Waals surface area contributed by atoms with Crippen molar-refractivity contribution in [2.24, 2.45) is 14.1 Å². The first-order valence-corrected chi connectivity index (χ1v) is 8.60. The van der Waals surface area contributed by atoms with Crippen LogP contribution in [0.25, 0.3) is 11.2 Å². The van der Waals surface area contributed by atoms with E-state index in [2.05, 4.69) is 17.2 Å². The number of aromatic hydroxyl groups is 1. The first kappa shape index (κ1) is 20.7. The van der Waals surface area contributed by atoms with Gasteiger partial charge in [0, 0.05) is 20.5 Å². The molecule has 0 spiro atoms. The van der Waals surface area contributed by atoms with Crippen LogP contribution in [0, 0.1) is 0 Å². The maximum Gasteiger partial charge on any atom is 0.332 e. The predicted octanol–water partition coefficient (Wildman–Crippen LogP) is -3.66. The summed E-state index contributed by atoms with van der Waals surface area (Å²) in [6.45, 7) is 3.52. The number of imidazole rings is 1. The molecule has 1 unspecified atom stereocenters. The zero-order chi connectivity index (χ0) is 18.8. The van der Waals surface area contributed by atoms with Crippen molar-refractivity contribution in [2.45, 2.75) is 25.9 Å². The van der Waals surface area contributed by atoms with Gasteiger partial charge >= 0.3 is 5.69 Å². The molecule has 2 heterocycles. The molecular formula is C18H24ClN5O3. The zero-order valence-electron chi connectivity index (χ0n) is 15.6. The van der Waals surface area contributed by atoms with Crippen molar-refractivity contribution in [1.29, 1.82) is 0 Å². The number of phenols is 1. The summed E-state index contributed by atoms with van der Waals surface area (Å²) in [6, 6.07) is 7.61. The highest BCUT2D eigenvalue weighted by Gasteiger charge is 2.15. The molecule has 3 rings (SSSR count). The number of phenolic OH excluding ortho intramolecular Hbond substituents is 1. The summed E-state index contributed by atoms with van der Waals surface area (Å²) in [5.74, 6) is 0.279. The van der Waals surface area contributed by atoms with Crippen molar-refractivity contribution in [1.82, 2.24) is 18.7 Å². The van der Waals surface area contributed by atoms with Gasteiger partial charge in [-0.1, -0.05) is 12.1 Å². The fourth-order valence-corrected chi connectivity index (χ4v) is 3.20. The van der Waals surface area contributed by atoms with Gasteiger partial charge in [-0.05, 0) is 24.6 Å². The molecule has 0 bridgehead atoms. The molecule has 146 valence electrons. The second-order valence-corrected chi connectivity index (χ2v) is 6.69. The minimum Gasteiger partial charge on any atom is -1.00 e. The zero-order valence-corrected chi connectivity index (χ0v) is 16.3. The molecule has 0 aliphatic carbocycles. The van der Waals surface area contributed by atoms with E-state index in [1.807, 2.05) is 12.1 Å². The van der Waals surface area contributed by atoms with E-state index in [-0.39, 0.29) is 29.4 Å². The van der Waals surface area contributed by atoms with E-state index in [1.54, 1.807) is 30.1 Å². The highest BCUT2D eigenvalue weighted by molar-refractivity contribution is 5.69. The lowest BCUT2D eigenvalue weighted by molar-refractivity contribution is -0.686. The number of aryl methyl sites for hydroxylation is 1. The first-order chi connectivity index (χ1) is 12.4.